The standard InChI is InChI=1S/C31H48N2O5Si2/c1-30(2,3)39(7,8)37-26-18-19-27(28(21-26)38-40(9,10)31(4,5)6)22-14-16-24(17-15-22)32-29(34)23-12-11-13-25(20-23)33(35)36/h11-13,18-22,24H,14-17H2,1-10H3,(H,32,34)/t22-,24-. The second-order valence-corrected chi connectivity index (χ2v) is 23.7. The molecule has 1 N–H and O–H groups in total. The van der Waals surface area contributed by atoms with Crippen LogP contribution in [0.4, 0.5) is 5.69 Å². The summed E-state index contributed by atoms with van der Waals surface area (Å²) in [6.07, 6.45) is 3.53. The number of carbonyl (C=O) groups excluding carboxylic acids is 1. The number of carbonyl (C=O) groups is 1. The first-order valence-electron chi connectivity index (χ1n) is 14.4. The molecule has 1 saturated carbocycles. The molecule has 2 aromatic rings. The predicted octanol–water partition coefficient (Wildman–Crippen LogP) is 8.82. The maximum Gasteiger partial charge on any atom is 0.270 e. The van der Waals surface area contributed by atoms with Crippen molar-refractivity contribution in [3.05, 3.63) is 63.7 Å². The smallest absolute Gasteiger partial charge is 0.270 e. The zero-order chi connectivity index (χ0) is 30.1. The molecular weight excluding hydrogens is 537 g/mol. The molecule has 1 aliphatic carbocycles. The highest BCUT2D eigenvalue weighted by Crippen LogP contribution is 2.45. The van der Waals surface area contributed by atoms with E-state index in [-0.39, 0.29) is 27.7 Å². The van der Waals surface area contributed by atoms with E-state index in [1.165, 1.54) is 17.7 Å². The lowest BCUT2D eigenvalue weighted by molar-refractivity contribution is -0.384. The zero-order valence-corrected chi connectivity index (χ0v) is 28.0. The van der Waals surface area contributed by atoms with Gasteiger partial charge >= 0.3 is 0 Å². The number of amides is 1. The Balaban J connectivity index is 1.79. The van der Waals surface area contributed by atoms with Crippen LogP contribution in [-0.2, 0) is 0 Å². The van der Waals surface area contributed by atoms with Gasteiger partial charge in [-0.05, 0) is 85.6 Å². The molecule has 1 fully saturated rings. The number of nitrogens with zero attached hydrogens (tertiary/aromatic N) is 1. The van der Waals surface area contributed by atoms with Gasteiger partial charge in [-0.15, -0.1) is 0 Å². The molecule has 9 heteroatoms. The molecule has 2 aromatic carbocycles. The summed E-state index contributed by atoms with van der Waals surface area (Å²) in [7, 11) is -4.10. The number of nitro benzene ring substituents is 1. The van der Waals surface area contributed by atoms with Crippen LogP contribution < -0.4 is 14.2 Å². The van der Waals surface area contributed by atoms with Gasteiger partial charge in [0, 0.05) is 29.8 Å². The van der Waals surface area contributed by atoms with E-state index in [1.54, 1.807) is 12.1 Å². The monoisotopic (exact) mass is 584 g/mol. The second-order valence-electron chi connectivity index (χ2n) is 14.3. The minimum Gasteiger partial charge on any atom is -0.543 e. The molecule has 1 amide bonds. The summed E-state index contributed by atoms with van der Waals surface area (Å²) >= 11 is 0. The molecule has 0 aliphatic heterocycles. The maximum absolute atomic E-state index is 12.8. The number of hydrogen-bond acceptors (Lipinski definition) is 5. The van der Waals surface area contributed by atoms with Crippen LogP contribution in [0.5, 0.6) is 11.5 Å². The third-order valence-electron chi connectivity index (χ3n) is 9.16. The molecule has 1 aliphatic rings. The van der Waals surface area contributed by atoms with Crippen molar-refractivity contribution in [2.45, 2.75) is 115 Å². The summed E-state index contributed by atoms with van der Waals surface area (Å²) in [4.78, 5) is 23.4. The van der Waals surface area contributed by atoms with Crippen molar-refractivity contribution in [1.29, 1.82) is 0 Å². The third kappa shape index (κ3) is 7.54. The Bertz CT molecular complexity index is 1220. The van der Waals surface area contributed by atoms with Gasteiger partial charge in [-0.3, -0.25) is 14.9 Å². The van der Waals surface area contributed by atoms with Crippen LogP contribution in [0.2, 0.25) is 36.3 Å². The van der Waals surface area contributed by atoms with Gasteiger partial charge in [0.1, 0.15) is 11.5 Å². The predicted molar refractivity (Wildman–Crippen MR) is 168 cm³/mol. The molecule has 0 radical (unpaired) electrons. The number of nitro groups is 1. The largest absolute Gasteiger partial charge is 0.543 e. The summed E-state index contributed by atoms with van der Waals surface area (Å²) in [5.74, 6) is 1.88. The molecule has 0 saturated heterocycles. The van der Waals surface area contributed by atoms with Crippen molar-refractivity contribution >= 4 is 28.2 Å². The van der Waals surface area contributed by atoms with Crippen molar-refractivity contribution in [1.82, 2.24) is 5.32 Å². The van der Waals surface area contributed by atoms with Crippen LogP contribution in [0.25, 0.3) is 0 Å². The zero-order valence-electron chi connectivity index (χ0n) is 26.0. The summed E-state index contributed by atoms with van der Waals surface area (Å²) in [6.45, 7) is 22.6. The van der Waals surface area contributed by atoms with Crippen LogP contribution in [0.1, 0.15) is 89.1 Å². The van der Waals surface area contributed by atoms with Gasteiger partial charge in [0.15, 0.2) is 0 Å². The molecular formula is C31H48N2O5Si2. The van der Waals surface area contributed by atoms with Gasteiger partial charge in [0.2, 0.25) is 16.6 Å². The van der Waals surface area contributed by atoms with E-state index in [0.29, 0.717) is 11.5 Å². The Morgan fingerprint density at radius 2 is 1.45 bits per heavy atom. The van der Waals surface area contributed by atoms with Crippen LogP contribution >= 0.6 is 0 Å². The lowest BCUT2D eigenvalue weighted by atomic mass is 9.81. The van der Waals surface area contributed by atoms with Gasteiger partial charge in [0.05, 0.1) is 4.92 Å². The van der Waals surface area contributed by atoms with Crippen LogP contribution in [0.15, 0.2) is 42.5 Å². The Morgan fingerprint density at radius 1 is 0.875 bits per heavy atom. The Morgan fingerprint density at radius 3 is 2.00 bits per heavy atom. The molecule has 0 spiro atoms. The lowest BCUT2D eigenvalue weighted by Crippen LogP contribution is -2.44. The highest BCUT2D eigenvalue weighted by Gasteiger charge is 2.41. The minimum absolute atomic E-state index is 0.0361. The average molecular weight is 585 g/mol. The fourth-order valence-electron chi connectivity index (χ4n) is 4.46. The fraction of sp³-hybridized carbons (Fsp3) is 0.581. The molecule has 0 aromatic heterocycles. The van der Waals surface area contributed by atoms with Crippen LogP contribution in [-0.4, -0.2) is 33.5 Å². The molecule has 3 rings (SSSR count). The SMILES string of the molecule is CC(C)(C)[Si](C)(C)Oc1ccc([C@H]2CC[C@H](NC(=O)c3cccc([N+](=O)[O-])c3)CC2)c(O[Si](C)(C)C(C)(C)C)c1. The molecule has 0 heterocycles. The van der Waals surface area contributed by atoms with E-state index in [2.05, 4.69) is 91.2 Å². The highest BCUT2D eigenvalue weighted by atomic mass is 28.4. The van der Waals surface area contributed by atoms with Crippen molar-refractivity contribution in [3.8, 4) is 11.5 Å². The van der Waals surface area contributed by atoms with Crippen molar-refractivity contribution in [2.75, 3.05) is 0 Å². The minimum atomic E-state index is -2.09. The van der Waals surface area contributed by atoms with E-state index in [4.69, 9.17) is 8.85 Å². The van der Waals surface area contributed by atoms with Gasteiger partial charge in [0.25, 0.3) is 11.6 Å². The molecule has 0 unspecified atom stereocenters. The molecule has 220 valence electrons. The lowest BCUT2D eigenvalue weighted by Gasteiger charge is -2.39. The summed E-state index contributed by atoms with van der Waals surface area (Å²) in [6, 6.07) is 12.3. The number of non-ortho nitro benzene ring substituents is 1. The van der Waals surface area contributed by atoms with E-state index in [0.717, 1.165) is 37.2 Å². The van der Waals surface area contributed by atoms with E-state index < -0.39 is 21.6 Å². The molecule has 0 bridgehead atoms. The highest BCUT2D eigenvalue weighted by molar-refractivity contribution is 6.75. The average Bonchev–Trinajstić information content (AvgIpc) is 2.83. The Kier molecular flexibility index (Phi) is 9.31. The van der Waals surface area contributed by atoms with Crippen LogP contribution in [0, 0.1) is 10.1 Å². The summed E-state index contributed by atoms with van der Waals surface area (Å²) in [5.41, 5.74) is 1.46. The maximum atomic E-state index is 12.8. The number of rotatable bonds is 8. The fourth-order valence-corrected chi connectivity index (χ4v) is 6.51. The van der Waals surface area contributed by atoms with Gasteiger partial charge in [-0.1, -0.05) is 53.7 Å². The number of hydrogen-bond donors (Lipinski definition) is 1. The first kappa shape index (κ1) is 31.9. The van der Waals surface area contributed by atoms with Crippen molar-refractivity contribution < 1.29 is 18.6 Å². The number of benzene rings is 2. The van der Waals surface area contributed by atoms with Gasteiger partial charge < -0.3 is 14.2 Å². The van der Waals surface area contributed by atoms with Gasteiger partial charge in [-0.2, -0.15) is 0 Å². The van der Waals surface area contributed by atoms with E-state index in [9.17, 15) is 14.9 Å². The molecule has 7 nitrogen and oxygen atoms in total. The Labute approximate surface area is 242 Å². The summed E-state index contributed by atoms with van der Waals surface area (Å²) in [5, 5.41) is 14.4. The van der Waals surface area contributed by atoms with Gasteiger partial charge in [-0.25, -0.2) is 0 Å². The van der Waals surface area contributed by atoms with Crippen LogP contribution in [0.3, 0.4) is 0 Å². The molecule has 40 heavy (non-hydrogen) atoms. The third-order valence-corrected chi connectivity index (χ3v) is 17.9. The quantitative estimate of drug-likeness (QED) is 0.190. The van der Waals surface area contributed by atoms with Crippen molar-refractivity contribution in [3.63, 3.8) is 0 Å². The van der Waals surface area contributed by atoms with E-state index >= 15 is 0 Å². The van der Waals surface area contributed by atoms with Crippen molar-refractivity contribution in [2.24, 2.45) is 0 Å². The second kappa shape index (κ2) is 11.7. The number of nitrogens with one attached hydrogen (secondary N) is 1. The first-order chi connectivity index (χ1) is 18.3. The normalized spacial score (nSPS) is 18.6. The molecule has 0 atom stereocenters. The topological polar surface area (TPSA) is 90.7 Å². The summed E-state index contributed by atoms with van der Waals surface area (Å²) < 4.78 is 13.6. The van der Waals surface area contributed by atoms with E-state index in [1.807, 2.05) is 0 Å². The Hall–Kier alpha value is -2.66. The first-order valence-corrected chi connectivity index (χ1v) is 20.2.